The minimum atomic E-state index is -0.0392. The van der Waals surface area contributed by atoms with Crippen molar-refractivity contribution in [3.8, 4) is 34.3 Å². The van der Waals surface area contributed by atoms with Gasteiger partial charge in [0.15, 0.2) is 41.5 Å². The van der Waals surface area contributed by atoms with Crippen LogP contribution in [0.2, 0.25) is 0 Å². The SMILES string of the molecule is COc1ccc2c(C(=O)c3ccccc3)c3[n+](cc2c1OC)CCc1cc2c(cc1-3)OCO2. The third-order valence-corrected chi connectivity index (χ3v) is 6.40. The number of methoxy groups -OCH3 is 2. The number of pyridine rings is 1. The fourth-order valence-corrected chi connectivity index (χ4v) is 4.87. The molecular formula is C27H22NO5+. The van der Waals surface area contributed by atoms with E-state index in [1.807, 2.05) is 54.6 Å². The van der Waals surface area contributed by atoms with Gasteiger partial charge in [0.25, 0.3) is 0 Å². The van der Waals surface area contributed by atoms with Crippen molar-refractivity contribution >= 4 is 16.6 Å². The van der Waals surface area contributed by atoms with Crippen LogP contribution in [0.5, 0.6) is 23.0 Å². The first kappa shape index (κ1) is 19.6. The van der Waals surface area contributed by atoms with Crippen LogP contribution in [0.1, 0.15) is 21.5 Å². The number of ether oxygens (including phenoxy) is 4. The molecule has 0 unspecified atom stereocenters. The van der Waals surface area contributed by atoms with Crippen LogP contribution in [-0.4, -0.2) is 26.8 Å². The Morgan fingerprint density at radius 1 is 0.939 bits per heavy atom. The molecule has 0 atom stereocenters. The molecule has 6 heteroatoms. The Morgan fingerprint density at radius 3 is 2.48 bits per heavy atom. The number of carbonyl (C=O) groups is 1. The van der Waals surface area contributed by atoms with Crippen molar-refractivity contribution in [3.05, 3.63) is 77.5 Å². The molecule has 0 bridgehead atoms. The van der Waals surface area contributed by atoms with Crippen LogP contribution in [0.4, 0.5) is 0 Å². The van der Waals surface area contributed by atoms with Gasteiger partial charge in [-0.15, -0.1) is 0 Å². The number of hydrogen-bond donors (Lipinski definition) is 0. The average Bonchev–Trinajstić information content (AvgIpc) is 3.32. The van der Waals surface area contributed by atoms with Crippen molar-refractivity contribution in [2.75, 3.05) is 21.0 Å². The van der Waals surface area contributed by atoms with Crippen LogP contribution in [0.15, 0.2) is 60.8 Å². The van der Waals surface area contributed by atoms with E-state index in [2.05, 4.69) is 10.8 Å². The van der Waals surface area contributed by atoms with Gasteiger partial charge in [-0.05, 0) is 29.8 Å². The summed E-state index contributed by atoms with van der Waals surface area (Å²) >= 11 is 0. The third kappa shape index (κ3) is 2.94. The Morgan fingerprint density at radius 2 is 1.73 bits per heavy atom. The molecule has 6 rings (SSSR count). The van der Waals surface area contributed by atoms with Crippen molar-refractivity contribution < 1.29 is 28.3 Å². The first-order valence-corrected chi connectivity index (χ1v) is 10.8. The highest BCUT2D eigenvalue weighted by Gasteiger charge is 2.35. The quantitative estimate of drug-likeness (QED) is 0.349. The molecule has 3 heterocycles. The predicted molar refractivity (Wildman–Crippen MR) is 122 cm³/mol. The number of rotatable bonds is 4. The molecule has 33 heavy (non-hydrogen) atoms. The van der Waals surface area contributed by atoms with Gasteiger partial charge in [-0.3, -0.25) is 4.79 Å². The number of ketones is 1. The highest BCUT2D eigenvalue weighted by Crippen LogP contribution is 2.44. The monoisotopic (exact) mass is 440 g/mol. The number of hydrogen-bond acceptors (Lipinski definition) is 5. The summed E-state index contributed by atoms with van der Waals surface area (Å²) in [6.45, 7) is 0.941. The Kier molecular flexibility index (Phi) is 4.47. The molecule has 0 saturated heterocycles. The van der Waals surface area contributed by atoms with E-state index in [1.165, 1.54) is 0 Å². The average molecular weight is 440 g/mol. The normalized spacial score (nSPS) is 13.4. The molecule has 6 nitrogen and oxygen atoms in total. The maximum atomic E-state index is 14.0. The smallest absolute Gasteiger partial charge is 0.231 e. The van der Waals surface area contributed by atoms with Crippen LogP contribution in [0.25, 0.3) is 22.0 Å². The lowest BCUT2D eigenvalue weighted by atomic mass is 9.88. The minimum absolute atomic E-state index is 0.0392. The molecule has 0 spiro atoms. The highest BCUT2D eigenvalue weighted by atomic mass is 16.7. The standard InChI is InChI=1S/C27H22NO5/c1-30-21-9-8-18-20(27(21)31-2)14-28-11-10-17-12-22-23(33-15-32-22)13-19(17)25(28)24(18)26(29)16-6-4-3-5-7-16/h3-9,12-14H,10-11,15H2,1-2H3/q+1. The van der Waals surface area contributed by atoms with E-state index >= 15 is 0 Å². The van der Waals surface area contributed by atoms with Gasteiger partial charge < -0.3 is 18.9 Å². The van der Waals surface area contributed by atoms with Gasteiger partial charge in [0.1, 0.15) is 5.56 Å². The summed E-state index contributed by atoms with van der Waals surface area (Å²) in [5.74, 6) is 2.66. The van der Waals surface area contributed by atoms with Gasteiger partial charge in [0, 0.05) is 17.4 Å². The topological polar surface area (TPSA) is 57.9 Å². The Labute approximate surface area is 190 Å². The number of nitrogens with zero attached hydrogens (tertiary/aromatic N) is 1. The molecule has 2 aliphatic heterocycles. The van der Waals surface area contributed by atoms with E-state index < -0.39 is 0 Å². The van der Waals surface area contributed by atoms with Crippen molar-refractivity contribution in [1.29, 1.82) is 0 Å². The van der Waals surface area contributed by atoms with E-state index in [-0.39, 0.29) is 12.6 Å². The second-order valence-electron chi connectivity index (χ2n) is 8.12. The van der Waals surface area contributed by atoms with Crippen LogP contribution < -0.4 is 23.5 Å². The Hall–Kier alpha value is -4.06. The molecule has 0 N–H and O–H groups in total. The maximum Gasteiger partial charge on any atom is 0.231 e. The second-order valence-corrected chi connectivity index (χ2v) is 8.12. The summed E-state index contributed by atoms with van der Waals surface area (Å²) in [6.07, 6.45) is 2.88. The summed E-state index contributed by atoms with van der Waals surface area (Å²) in [4.78, 5) is 14.0. The molecule has 0 radical (unpaired) electrons. The first-order chi connectivity index (χ1) is 16.2. The lowest BCUT2D eigenvalue weighted by Gasteiger charge is -2.20. The lowest BCUT2D eigenvalue weighted by molar-refractivity contribution is -0.686. The zero-order valence-corrected chi connectivity index (χ0v) is 18.4. The van der Waals surface area contributed by atoms with Crippen molar-refractivity contribution in [2.45, 2.75) is 13.0 Å². The van der Waals surface area contributed by atoms with Crippen molar-refractivity contribution in [2.24, 2.45) is 0 Å². The maximum absolute atomic E-state index is 14.0. The molecule has 3 aromatic carbocycles. The molecule has 1 aromatic heterocycles. The summed E-state index contributed by atoms with van der Waals surface area (Å²) in [5.41, 5.74) is 4.28. The van der Waals surface area contributed by atoms with E-state index in [1.54, 1.807) is 14.2 Å². The zero-order valence-electron chi connectivity index (χ0n) is 18.4. The third-order valence-electron chi connectivity index (χ3n) is 6.40. The Balaban J connectivity index is 1.71. The van der Waals surface area contributed by atoms with Gasteiger partial charge in [0.2, 0.25) is 12.5 Å². The lowest BCUT2D eigenvalue weighted by Crippen LogP contribution is -2.41. The van der Waals surface area contributed by atoms with Gasteiger partial charge in [-0.2, -0.15) is 4.57 Å². The van der Waals surface area contributed by atoms with Crippen LogP contribution in [0.3, 0.4) is 0 Å². The van der Waals surface area contributed by atoms with Crippen LogP contribution >= 0.6 is 0 Å². The molecular weight excluding hydrogens is 418 g/mol. The van der Waals surface area contributed by atoms with E-state index in [4.69, 9.17) is 18.9 Å². The van der Waals surface area contributed by atoms with E-state index in [0.717, 1.165) is 46.3 Å². The summed E-state index contributed by atoms with van der Waals surface area (Å²) in [5, 5.41) is 1.65. The fraction of sp³-hybridized carbons (Fsp3) is 0.185. The molecule has 164 valence electrons. The van der Waals surface area contributed by atoms with Gasteiger partial charge in [-0.1, -0.05) is 30.3 Å². The minimum Gasteiger partial charge on any atom is -0.493 e. The number of aryl methyl sites for hydroxylation is 2. The van der Waals surface area contributed by atoms with Gasteiger partial charge in [-0.25, -0.2) is 0 Å². The molecule has 0 fully saturated rings. The summed E-state index contributed by atoms with van der Waals surface area (Å²) in [7, 11) is 3.24. The molecule has 0 aliphatic carbocycles. The predicted octanol–water partition coefficient (Wildman–Crippen LogP) is 4.33. The number of aromatic nitrogens is 1. The van der Waals surface area contributed by atoms with Gasteiger partial charge >= 0.3 is 0 Å². The number of fused-ring (bicyclic) bond motifs is 5. The molecule has 0 saturated carbocycles. The zero-order chi connectivity index (χ0) is 22.5. The molecule has 2 aliphatic rings. The summed E-state index contributed by atoms with van der Waals surface area (Å²) in [6, 6.07) is 17.2. The fourth-order valence-electron chi connectivity index (χ4n) is 4.87. The Bertz CT molecular complexity index is 1430. The van der Waals surface area contributed by atoms with Crippen molar-refractivity contribution in [3.63, 3.8) is 0 Å². The number of carbonyl (C=O) groups excluding carboxylic acids is 1. The molecule has 0 amide bonds. The highest BCUT2D eigenvalue weighted by molar-refractivity contribution is 6.20. The second kappa shape index (κ2) is 7.52. The van der Waals surface area contributed by atoms with Crippen LogP contribution in [0, 0.1) is 0 Å². The van der Waals surface area contributed by atoms with Crippen LogP contribution in [-0.2, 0) is 13.0 Å². The largest absolute Gasteiger partial charge is 0.493 e. The van der Waals surface area contributed by atoms with E-state index in [0.29, 0.717) is 28.4 Å². The van der Waals surface area contributed by atoms with E-state index in [9.17, 15) is 4.79 Å². The van der Waals surface area contributed by atoms with Gasteiger partial charge in [0.05, 0.1) is 25.2 Å². The summed E-state index contributed by atoms with van der Waals surface area (Å²) < 4.78 is 24.7. The molecule has 4 aromatic rings. The number of benzene rings is 3. The van der Waals surface area contributed by atoms with Crippen molar-refractivity contribution in [1.82, 2.24) is 0 Å². The first-order valence-electron chi connectivity index (χ1n) is 10.8.